The third kappa shape index (κ3) is 6.36. The van der Waals surface area contributed by atoms with E-state index in [0.29, 0.717) is 5.41 Å². The summed E-state index contributed by atoms with van der Waals surface area (Å²) in [6.07, 6.45) is 5.99. The van der Waals surface area contributed by atoms with Gasteiger partial charge in [-0.05, 0) is 76.5 Å². The second kappa shape index (κ2) is 8.15. The molecule has 1 N–H and O–H groups in total. The molecule has 1 fully saturated rings. The van der Waals surface area contributed by atoms with Crippen LogP contribution >= 0.6 is 0 Å². The minimum Gasteiger partial charge on any atom is -0.303 e. The zero-order valence-corrected chi connectivity index (χ0v) is 14.8. The van der Waals surface area contributed by atoms with Gasteiger partial charge in [0.05, 0.1) is 6.07 Å². The lowest BCUT2D eigenvalue weighted by molar-refractivity contribution is 0.111. The molecule has 1 atom stereocenters. The molecule has 1 rings (SSSR count). The lowest BCUT2D eigenvalue weighted by Crippen LogP contribution is -2.41. The van der Waals surface area contributed by atoms with Gasteiger partial charge in [-0.15, -0.1) is 0 Å². The molecule has 0 aliphatic carbocycles. The third-order valence-corrected chi connectivity index (χ3v) is 5.03. The molecule has 0 radical (unpaired) electrons. The predicted octanol–water partition coefficient (Wildman–Crippen LogP) is 3.81. The Labute approximate surface area is 132 Å². The van der Waals surface area contributed by atoms with E-state index in [1.165, 1.54) is 38.9 Å². The summed E-state index contributed by atoms with van der Waals surface area (Å²) >= 11 is 0. The lowest BCUT2D eigenvalue weighted by Gasteiger charge is -2.38. The van der Waals surface area contributed by atoms with Crippen LogP contribution in [0, 0.1) is 22.7 Å². The second-order valence-corrected chi connectivity index (χ2v) is 7.91. The zero-order chi connectivity index (χ0) is 15.9. The van der Waals surface area contributed by atoms with E-state index >= 15 is 0 Å². The van der Waals surface area contributed by atoms with Crippen molar-refractivity contribution >= 4 is 0 Å². The van der Waals surface area contributed by atoms with E-state index in [1.807, 2.05) is 6.92 Å². The molecule has 0 spiro atoms. The fraction of sp³-hybridized carbons (Fsp3) is 0.944. The molecule has 122 valence electrons. The van der Waals surface area contributed by atoms with Crippen LogP contribution in [0.3, 0.4) is 0 Å². The molecule has 21 heavy (non-hydrogen) atoms. The first-order valence-corrected chi connectivity index (χ1v) is 8.69. The SMILES string of the molecule is CCNC(C)(C#N)CCCCN1CCC(C(C)(C)C)CC1. The Balaban J connectivity index is 2.19. The number of likely N-dealkylation sites (tertiary alicyclic amines) is 1. The number of piperidine rings is 1. The van der Waals surface area contributed by atoms with E-state index in [4.69, 9.17) is 0 Å². The molecule has 1 aliphatic heterocycles. The summed E-state index contributed by atoms with van der Waals surface area (Å²) in [5.74, 6) is 0.879. The number of hydrogen-bond donors (Lipinski definition) is 1. The molecule has 1 heterocycles. The minimum absolute atomic E-state index is 0.339. The van der Waals surface area contributed by atoms with Gasteiger partial charge in [-0.2, -0.15) is 5.26 Å². The van der Waals surface area contributed by atoms with Crippen molar-refractivity contribution in [3.05, 3.63) is 0 Å². The maximum Gasteiger partial charge on any atom is 0.103 e. The largest absolute Gasteiger partial charge is 0.303 e. The number of hydrogen-bond acceptors (Lipinski definition) is 3. The van der Waals surface area contributed by atoms with Crippen molar-refractivity contribution in [1.29, 1.82) is 5.26 Å². The molecule has 1 aliphatic rings. The Kier molecular flexibility index (Phi) is 7.16. The Morgan fingerprint density at radius 1 is 1.14 bits per heavy atom. The molecular weight excluding hydrogens is 258 g/mol. The van der Waals surface area contributed by atoms with Crippen molar-refractivity contribution < 1.29 is 0 Å². The third-order valence-electron chi connectivity index (χ3n) is 5.03. The summed E-state index contributed by atoms with van der Waals surface area (Å²) in [5.41, 5.74) is 0.125. The van der Waals surface area contributed by atoms with Gasteiger partial charge in [0.1, 0.15) is 5.54 Å². The Hall–Kier alpha value is -0.590. The molecule has 1 unspecified atom stereocenters. The highest BCUT2D eigenvalue weighted by Gasteiger charge is 2.28. The van der Waals surface area contributed by atoms with Crippen molar-refractivity contribution in [2.75, 3.05) is 26.2 Å². The Morgan fingerprint density at radius 3 is 2.24 bits per heavy atom. The van der Waals surface area contributed by atoms with Crippen LogP contribution in [0.25, 0.3) is 0 Å². The van der Waals surface area contributed by atoms with Crippen LogP contribution in [0.2, 0.25) is 0 Å². The molecule has 0 amide bonds. The molecule has 0 bridgehead atoms. The van der Waals surface area contributed by atoms with E-state index in [-0.39, 0.29) is 5.54 Å². The van der Waals surface area contributed by atoms with Crippen LogP contribution in [0.15, 0.2) is 0 Å². The smallest absolute Gasteiger partial charge is 0.103 e. The van der Waals surface area contributed by atoms with E-state index in [2.05, 4.69) is 44.0 Å². The maximum absolute atomic E-state index is 9.25. The molecule has 0 saturated carbocycles. The number of unbranched alkanes of at least 4 members (excludes halogenated alkanes) is 1. The van der Waals surface area contributed by atoms with Gasteiger partial charge in [0.2, 0.25) is 0 Å². The van der Waals surface area contributed by atoms with Crippen LogP contribution < -0.4 is 5.32 Å². The average Bonchev–Trinajstić information content (AvgIpc) is 2.43. The average molecular weight is 293 g/mol. The van der Waals surface area contributed by atoms with Crippen LogP contribution in [0.1, 0.15) is 66.7 Å². The highest BCUT2D eigenvalue weighted by Crippen LogP contribution is 2.34. The van der Waals surface area contributed by atoms with Crippen LogP contribution in [-0.4, -0.2) is 36.6 Å². The van der Waals surface area contributed by atoms with Gasteiger partial charge in [0, 0.05) is 0 Å². The number of nitrogens with one attached hydrogen (secondary N) is 1. The first-order valence-electron chi connectivity index (χ1n) is 8.69. The fourth-order valence-corrected chi connectivity index (χ4v) is 3.41. The highest BCUT2D eigenvalue weighted by atomic mass is 15.1. The highest BCUT2D eigenvalue weighted by molar-refractivity contribution is 5.03. The topological polar surface area (TPSA) is 39.1 Å². The van der Waals surface area contributed by atoms with Gasteiger partial charge >= 0.3 is 0 Å². The monoisotopic (exact) mass is 293 g/mol. The van der Waals surface area contributed by atoms with E-state index in [9.17, 15) is 5.26 Å². The summed E-state index contributed by atoms with van der Waals surface area (Å²) in [7, 11) is 0. The normalized spacial score (nSPS) is 21.0. The van der Waals surface area contributed by atoms with E-state index in [1.54, 1.807) is 0 Å². The summed E-state index contributed by atoms with van der Waals surface area (Å²) in [6.45, 7) is 15.8. The standard InChI is InChI=1S/C18H35N3/c1-6-20-18(5,15-19)11-7-8-12-21-13-9-16(10-14-21)17(2,3)4/h16,20H,6-14H2,1-5H3. The van der Waals surface area contributed by atoms with Gasteiger partial charge in [0.15, 0.2) is 0 Å². The fourth-order valence-electron chi connectivity index (χ4n) is 3.41. The van der Waals surface area contributed by atoms with Gasteiger partial charge in [-0.3, -0.25) is 5.32 Å². The molecule has 3 heteroatoms. The summed E-state index contributed by atoms with van der Waals surface area (Å²) in [6, 6.07) is 2.42. The number of rotatable bonds is 7. The first-order chi connectivity index (χ1) is 9.80. The molecule has 3 nitrogen and oxygen atoms in total. The van der Waals surface area contributed by atoms with Crippen molar-refractivity contribution in [2.45, 2.75) is 72.3 Å². The summed E-state index contributed by atoms with van der Waals surface area (Å²) in [4.78, 5) is 2.61. The minimum atomic E-state index is -0.339. The zero-order valence-electron chi connectivity index (χ0n) is 14.8. The molecule has 0 aromatic heterocycles. The van der Waals surface area contributed by atoms with Crippen LogP contribution in [0.5, 0.6) is 0 Å². The molecule has 0 aromatic rings. The van der Waals surface area contributed by atoms with Crippen molar-refractivity contribution in [3.8, 4) is 6.07 Å². The van der Waals surface area contributed by atoms with Gasteiger partial charge in [-0.1, -0.05) is 27.7 Å². The lowest BCUT2D eigenvalue weighted by atomic mass is 9.75. The van der Waals surface area contributed by atoms with E-state index < -0.39 is 0 Å². The quantitative estimate of drug-likeness (QED) is 0.726. The number of nitrogens with zero attached hydrogens (tertiary/aromatic N) is 2. The Morgan fingerprint density at radius 2 is 1.76 bits per heavy atom. The molecule has 0 aromatic carbocycles. The van der Waals surface area contributed by atoms with Crippen LogP contribution in [-0.2, 0) is 0 Å². The Bertz CT molecular complexity index is 331. The molecule has 1 saturated heterocycles. The van der Waals surface area contributed by atoms with Gasteiger partial charge in [-0.25, -0.2) is 0 Å². The van der Waals surface area contributed by atoms with Crippen molar-refractivity contribution in [1.82, 2.24) is 10.2 Å². The summed E-state index contributed by atoms with van der Waals surface area (Å²) in [5, 5.41) is 12.5. The predicted molar refractivity (Wildman–Crippen MR) is 90.2 cm³/mol. The van der Waals surface area contributed by atoms with Crippen molar-refractivity contribution in [3.63, 3.8) is 0 Å². The summed E-state index contributed by atoms with van der Waals surface area (Å²) < 4.78 is 0. The maximum atomic E-state index is 9.25. The van der Waals surface area contributed by atoms with E-state index in [0.717, 1.165) is 25.3 Å². The van der Waals surface area contributed by atoms with Crippen molar-refractivity contribution in [2.24, 2.45) is 11.3 Å². The second-order valence-electron chi connectivity index (χ2n) is 7.91. The van der Waals surface area contributed by atoms with Gasteiger partial charge in [0.25, 0.3) is 0 Å². The van der Waals surface area contributed by atoms with Gasteiger partial charge < -0.3 is 4.90 Å². The number of nitriles is 1. The first kappa shape index (κ1) is 18.5. The van der Waals surface area contributed by atoms with Crippen LogP contribution in [0.4, 0.5) is 0 Å². The molecular formula is C18H35N3.